The van der Waals surface area contributed by atoms with Gasteiger partial charge in [0.1, 0.15) is 11.6 Å². The third-order valence-electron chi connectivity index (χ3n) is 4.46. The van der Waals surface area contributed by atoms with E-state index in [-0.39, 0.29) is 11.2 Å². The molecule has 0 radical (unpaired) electrons. The Morgan fingerprint density at radius 2 is 1.73 bits per heavy atom. The molecule has 0 aliphatic carbocycles. The third kappa shape index (κ3) is 2.42. The highest BCUT2D eigenvalue weighted by Gasteiger charge is 2.52. The molecule has 0 atom stereocenters. The zero-order valence-corrected chi connectivity index (χ0v) is 13.6. The minimum absolute atomic E-state index is 0.368. The Morgan fingerprint density at radius 3 is 2.36 bits per heavy atom. The number of benzene rings is 1. The predicted molar refractivity (Wildman–Crippen MR) is 86.3 cm³/mol. The fourth-order valence-corrected chi connectivity index (χ4v) is 2.40. The molecule has 116 valence electrons. The van der Waals surface area contributed by atoms with Crippen molar-refractivity contribution in [2.75, 3.05) is 7.11 Å². The molecule has 22 heavy (non-hydrogen) atoms. The first kappa shape index (κ1) is 15.1. The van der Waals surface area contributed by atoms with Crippen LogP contribution in [0, 0.1) is 0 Å². The number of hydrogen-bond donors (Lipinski definition) is 1. The molecule has 0 unspecified atom stereocenters. The highest BCUT2D eigenvalue weighted by molar-refractivity contribution is 6.61. The predicted octanol–water partition coefficient (Wildman–Crippen LogP) is 2.38. The van der Waals surface area contributed by atoms with Gasteiger partial charge in [-0.25, -0.2) is 4.98 Å². The summed E-state index contributed by atoms with van der Waals surface area (Å²) in [5.41, 5.74) is 0.980. The van der Waals surface area contributed by atoms with Crippen LogP contribution in [0.15, 0.2) is 30.5 Å². The van der Waals surface area contributed by atoms with Crippen LogP contribution in [0.25, 0.3) is 11.4 Å². The first-order chi connectivity index (χ1) is 10.3. The Bertz CT molecular complexity index is 666. The number of nitrogens with one attached hydrogen (secondary N) is 1. The number of para-hydroxylation sites is 1. The van der Waals surface area contributed by atoms with Gasteiger partial charge in [0.25, 0.3) is 0 Å². The van der Waals surface area contributed by atoms with Crippen molar-refractivity contribution in [3.63, 3.8) is 0 Å². The lowest BCUT2D eigenvalue weighted by atomic mass is 9.86. The molecule has 1 aliphatic rings. The molecule has 1 aromatic heterocycles. The van der Waals surface area contributed by atoms with Gasteiger partial charge in [-0.15, -0.1) is 0 Å². The first-order valence-corrected chi connectivity index (χ1v) is 7.38. The standard InChI is InChI=1S/C16H21BN2O3/c1-15(2)16(3,4)22-17(21-15)13-10-18-14(19-13)11-8-6-7-9-12(11)20-5/h6-10H,1-5H3,(H,18,19). The van der Waals surface area contributed by atoms with Crippen molar-refractivity contribution >= 4 is 12.7 Å². The summed E-state index contributed by atoms with van der Waals surface area (Å²) >= 11 is 0. The second kappa shape index (κ2) is 5.14. The molecule has 1 saturated heterocycles. The van der Waals surface area contributed by atoms with E-state index in [4.69, 9.17) is 14.0 Å². The molecule has 2 aromatic rings. The number of H-pyrrole nitrogens is 1. The lowest BCUT2D eigenvalue weighted by molar-refractivity contribution is 0.00578. The van der Waals surface area contributed by atoms with Crippen LogP contribution in [0.5, 0.6) is 5.75 Å². The molecular weight excluding hydrogens is 279 g/mol. The van der Waals surface area contributed by atoms with E-state index in [0.717, 1.165) is 22.7 Å². The highest BCUT2D eigenvalue weighted by Crippen LogP contribution is 2.36. The summed E-state index contributed by atoms with van der Waals surface area (Å²) in [5.74, 6) is 1.51. The van der Waals surface area contributed by atoms with Crippen molar-refractivity contribution in [3.05, 3.63) is 30.5 Å². The number of imidazole rings is 1. The van der Waals surface area contributed by atoms with Crippen LogP contribution in [0.4, 0.5) is 0 Å². The highest BCUT2D eigenvalue weighted by atomic mass is 16.7. The van der Waals surface area contributed by atoms with E-state index in [0.29, 0.717) is 0 Å². The van der Waals surface area contributed by atoms with E-state index in [2.05, 4.69) is 9.97 Å². The van der Waals surface area contributed by atoms with Gasteiger partial charge in [0.2, 0.25) is 0 Å². The second-order valence-corrected chi connectivity index (χ2v) is 6.48. The van der Waals surface area contributed by atoms with Crippen molar-refractivity contribution in [2.45, 2.75) is 38.9 Å². The fourth-order valence-electron chi connectivity index (χ4n) is 2.40. The summed E-state index contributed by atoms with van der Waals surface area (Å²) in [6.07, 6.45) is 1.75. The van der Waals surface area contributed by atoms with Gasteiger partial charge in [-0.2, -0.15) is 0 Å². The molecule has 0 amide bonds. The fraction of sp³-hybridized carbons (Fsp3) is 0.438. The molecule has 2 heterocycles. The average molecular weight is 300 g/mol. The van der Waals surface area contributed by atoms with E-state index in [9.17, 15) is 0 Å². The van der Waals surface area contributed by atoms with E-state index < -0.39 is 7.12 Å². The molecule has 1 aromatic carbocycles. The van der Waals surface area contributed by atoms with Gasteiger partial charge in [-0.3, -0.25) is 0 Å². The Kier molecular flexibility index (Phi) is 3.53. The number of hydrogen-bond acceptors (Lipinski definition) is 4. The maximum absolute atomic E-state index is 6.03. The topological polar surface area (TPSA) is 56.4 Å². The Hall–Kier alpha value is -1.79. The summed E-state index contributed by atoms with van der Waals surface area (Å²) in [5, 5.41) is 0. The van der Waals surface area contributed by atoms with Gasteiger partial charge in [0, 0.05) is 6.20 Å². The monoisotopic (exact) mass is 300 g/mol. The maximum Gasteiger partial charge on any atom is 0.513 e. The van der Waals surface area contributed by atoms with Gasteiger partial charge in [0.05, 0.1) is 29.5 Å². The minimum atomic E-state index is -0.444. The lowest BCUT2D eigenvalue weighted by Gasteiger charge is -2.32. The number of nitrogens with zero attached hydrogens (tertiary/aromatic N) is 1. The molecule has 1 N–H and O–H groups in total. The molecule has 1 aliphatic heterocycles. The maximum atomic E-state index is 6.03. The summed E-state index contributed by atoms with van der Waals surface area (Å²) < 4.78 is 17.4. The van der Waals surface area contributed by atoms with Gasteiger partial charge >= 0.3 is 7.12 Å². The molecule has 3 rings (SSSR count). The Balaban J connectivity index is 1.89. The normalized spacial score (nSPS) is 19.4. The first-order valence-electron chi connectivity index (χ1n) is 7.38. The summed E-state index contributed by atoms with van der Waals surface area (Å²) in [6.45, 7) is 8.13. The third-order valence-corrected chi connectivity index (χ3v) is 4.46. The smallest absolute Gasteiger partial charge is 0.496 e. The largest absolute Gasteiger partial charge is 0.513 e. The summed E-state index contributed by atoms with van der Waals surface area (Å²) in [6, 6.07) is 7.76. The zero-order chi connectivity index (χ0) is 16.0. The van der Waals surface area contributed by atoms with E-state index in [1.165, 1.54) is 0 Å². The molecule has 0 spiro atoms. The molecule has 1 fully saturated rings. The van der Waals surface area contributed by atoms with Crippen LogP contribution in [0.1, 0.15) is 27.7 Å². The second-order valence-electron chi connectivity index (χ2n) is 6.48. The number of aromatic amines is 1. The van der Waals surface area contributed by atoms with Gasteiger partial charge in [-0.05, 0) is 39.8 Å². The van der Waals surface area contributed by atoms with Crippen molar-refractivity contribution in [2.24, 2.45) is 0 Å². The quantitative estimate of drug-likeness (QED) is 0.884. The van der Waals surface area contributed by atoms with E-state index >= 15 is 0 Å². The lowest BCUT2D eigenvalue weighted by Crippen LogP contribution is -2.41. The van der Waals surface area contributed by atoms with Gasteiger partial charge in [-0.1, -0.05) is 12.1 Å². The molecule has 5 nitrogen and oxygen atoms in total. The van der Waals surface area contributed by atoms with Crippen molar-refractivity contribution < 1.29 is 14.0 Å². The van der Waals surface area contributed by atoms with Crippen LogP contribution < -0.4 is 10.3 Å². The Morgan fingerprint density at radius 1 is 1.09 bits per heavy atom. The molecule has 0 saturated carbocycles. The van der Waals surface area contributed by atoms with Crippen molar-refractivity contribution in [3.8, 4) is 17.1 Å². The average Bonchev–Trinajstić information content (AvgIpc) is 3.02. The van der Waals surface area contributed by atoms with Crippen LogP contribution in [-0.2, 0) is 9.31 Å². The van der Waals surface area contributed by atoms with E-state index in [1.807, 2.05) is 52.0 Å². The van der Waals surface area contributed by atoms with Crippen LogP contribution in [-0.4, -0.2) is 35.4 Å². The number of rotatable bonds is 3. The Labute approximate surface area is 131 Å². The number of methoxy groups -OCH3 is 1. The van der Waals surface area contributed by atoms with Crippen LogP contribution in [0.3, 0.4) is 0 Å². The van der Waals surface area contributed by atoms with Gasteiger partial charge < -0.3 is 19.0 Å². The van der Waals surface area contributed by atoms with Crippen molar-refractivity contribution in [1.82, 2.24) is 9.97 Å². The summed E-state index contributed by atoms with van der Waals surface area (Å²) in [7, 11) is 1.21. The van der Waals surface area contributed by atoms with E-state index in [1.54, 1.807) is 13.3 Å². The van der Waals surface area contributed by atoms with Crippen LogP contribution in [0.2, 0.25) is 0 Å². The summed E-state index contributed by atoms with van der Waals surface area (Å²) in [4.78, 5) is 7.72. The molecule has 0 bridgehead atoms. The number of aromatic nitrogens is 2. The van der Waals surface area contributed by atoms with Crippen molar-refractivity contribution in [1.29, 1.82) is 0 Å². The molecular formula is C16H21BN2O3. The number of ether oxygens (including phenoxy) is 1. The van der Waals surface area contributed by atoms with Gasteiger partial charge in [0.15, 0.2) is 0 Å². The SMILES string of the molecule is COc1ccccc1-c1ncc(B2OC(C)(C)C(C)(C)O2)[nH]1. The van der Waals surface area contributed by atoms with Crippen LogP contribution >= 0.6 is 0 Å². The zero-order valence-electron chi connectivity index (χ0n) is 13.6. The minimum Gasteiger partial charge on any atom is -0.496 e. The molecule has 6 heteroatoms.